The molecule has 0 radical (unpaired) electrons. The van der Waals surface area contributed by atoms with E-state index in [0.29, 0.717) is 18.9 Å². The third-order valence-electron chi connectivity index (χ3n) is 4.86. The number of nitrogens with one attached hydrogen (secondary N) is 1. The van der Waals surface area contributed by atoms with Crippen LogP contribution < -0.4 is 15.9 Å². The molecule has 3 aromatic rings. The average molecular weight is 382 g/mol. The Bertz CT molecular complexity index is 1080. The van der Waals surface area contributed by atoms with Gasteiger partial charge in [-0.15, -0.1) is 5.10 Å². The van der Waals surface area contributed by atoms with Gasteiger partial charge in [0.05, 0.1) is 13.2 Å². The first-order valence-corrected chi connectivity index (χ1v) is 9.17. The van der Waals surface area contributed by atoms with Gasteiger partial charge in [0.15, 0.2) is 0 Å². The van der Waals surface area contributed by atoms with Gasteiger partial charge in [0.25, 0.3) is 5.78 Å². The lowest BCUT2D eigenvalue weighted by Gasteiger charge is -2.27. The fraction of sp³-hybridized carbons (Fsp3) is 0.368. The lowest BCUT2D eigenvalue weighted by Crippen LogP contribution is -2.36. The molecule has 9 heteroatoms. The number of morpholine rings is 1. The van der Waals surface area contributed by atoms with Gasteiger partial charge in [-0.2, -0.15) is 4.98 Å². The standard InChI is InChI=1S/C19H22N6O3/c1-13-3-4-15(11-14(13)2)20-17(26)12-25-19(27)24-6-5-16(21-18(24)22-25)23-7-9-28-10-8-23/h3-6,11H,7-10,12H2,1-2H3,(H,20,26). The van der Waals surface area contributed by atoms with Gasteiger partial charge in [-0.25, -0.2) is 13.9 Å². The molecule has 0 aliphatic carbocycles. The summed E-state index contributed by atoms with van der Waals surface area (Å²) in [5.74, 6) is 0.697. The van der Waals surface area contributed by atoms with Gasteiger partial charge in [-0.05, 0) is 43.2 Å². The number of hydrogen-bond acceptors (Lipinski definition) is 6. The highest BCUT2D eigenvalue weighted by Gasteiger charge is 2.16. The summed E-state index contributed by atoms with van der Waals surface area (Å²) in [7, 11) is 0. The van der Waals surface area contributed by atoms with E-state index in [0.717, 1.165) is 34.7 Å². The van der Waals surface area contributed by atoms with E-state index in [2.05, 4.69) is 20.3 Å². The van der Waals surface area contributed by atoms with Crippen molar-refractivity contribution in [2.45, 2.75) is 20.4 Å². The Kier molecular flexibility index (Phi) is 4.82. The number of carbonyl (C=O) groups excluding carboxylic acids is 1. The first kappa shape index (κ1) is 18.2. The number of hydrogen-bond donors (Lipinski definition) is 1. The first-order chi connectivity index (χ1) is 13.5. The van der Waals surface area contributed by atoms with Gasteiger partial charge in [0.2, 0.25) is 5.91 Å². The van der Waals surface area contributed by atoms with Crippen LogP contribution in [-0.2, 0) is 16.1 Å². The lowest BCUT2D eigenvalue weighted by molar-refractivity contribution is -0.117. The number of carbonyl (C=O) groups is 1. The van der Waals surface area contributed by atoms with Crippen LogP contribution in [0.2, 0.25) is 0 Å². The molecule has 0 saturated carbocycles. The molecule has 1 fully saturated rings. The maximum absolute atomic E-state index is 12.5. The zero-order valence-corrected chi connectivity index (χ0v) is 15.9. The zero-order valence-electron chi connectivity index (χ0n) is 15.9. The SMILES string of the molecule is Cc1ccc(NC(=O)Cn2nc3nc(N4CCOCC4)ccn3c2=O)cc1C. The van der Waals surface area contributed by atoms with E-state index in [1.807, 2.05) is 32.0 Å². The van der Waals surface area contributed by atoms with Gasteiger partial charge >= 0.3 is 5.69 Å². The van der Waals surface area contributed by atoms with Crippen molar-refractivity contribution in [2.24, 2.45) is 0 Å². The maximum atomic E-state index is 12.5. The van der Waals surface area contributed by atoms with Crippen LogP contribution in [-0.4, -0.2) is 51.4 Å². The molecule has 1 amide bonds. The van der Waals surface area contributed by atoms with Crippen LogP contribution in [0.15, 0.2) is 35.3 Å². The molecular weight excluding hydrogens is 360 g/mol. The molecule has 146 valence electrons. The third-order valence-corrected chi connectivity index (χ3v) is 4.86. The number of benzene rings is 1. The summed E-state index contributed by atoms with van der Waals surface area (Å²) < 4.78 is 7.82. The van der Waals surface area contributed by atoms with Crippen LogP contribution in [0, 0.1) is 13.8 Å². The predicted octanol–water partition coefficient (Wildman–Crippen LogP) is 0.983. The Balaban J connectivity index is 1.53. The van der Waals surface area contributed by atoms with Gasteiger partial charge in [0.1, 0.15) is 12.4 Å². The van der Waals surface area contributed by atoms with Crippen LogP contribution in [0.1, 0.15) is 11.1 Å². The molecule has 0 unspecified atom stereocenters. The van der Waals surface area contributed by atoms with Crippen molar-refractivity contribution in [3.63, 3.8) is 0 Å². The fourth-order valence-corrected chi connectivity index (χ4v) is 3.12. The number of ether oxygens (including phenoxy) is 1. The topological polar surface area (TPSA) is 93.8 Å². The number of rotatable bonds is 4. The second-order valence-electron chi connectivity index (χ2n) is 6.84. The van der Waals surface area contributed by atoms with Crippen molar-refractivity contribution in [1.82, 2.24) is 19.2 Å². The number of amides is 1. The monoisotopic (exact) mass is 382 g/mol. The Labute approximate surface area is 161 Å². The minimum atomic E-state index is -0.397. The molecule has 3 heterocycles. The Morgan fingerprint density at radius 2 is 1.96 bits per heavy atom. The van der Waals surface area contributed by atoms with Gasteiger partial charge < -0.3 is 15.0 Å². The van der Waals surface area contributed by atoms with E-state index < -0.39 is 5.69 Å². The summed E-state index contributed by atoms with van der Waals surface area (Å²) in [4.78, 5) is 31.4. The fourth-order valence-electron chi connectivity index (χ4n) is 3.12. The lowest BCUT2D eigenvalue weighted by atomic mass is 10.1. The Hall–Kier alpha value is -3.20. The van der Waals surface area contributed by atoms with E-state index in [1.165, 1.54) is 4.40 Å². The molecule has 1 saturated heterocycles. The first-order valence-electron chi connectivity index (χ1n) is 9.17. The van der Waals surface area contributed by atoms with Crippen LogP contribution >= 0.6 is 0 Å². The zero-order chi connectivity index (χ0) is 19.7. The van der Waals surface area contributed by atoms with E-state index in [9.17, 15) is 9.59 Å². The molecule has 4 rings (SSSR count). The summed E-state index contributed by atoms with van der Waals surface area (Å²) in [6, 6.07) is 7.46. The number of nitrogens with zero attached hydrogens (tertiary/aromatic N) is 5. The highest BCUT2D eigenvalue weighted by atomic mass is 16.5. The molecule has 1 aliphatic heterocycles. The molecule has 1 N–H and O–H groups in total. The van der Waals surface area contributed by atoms with Gasteiger partial charge in [-0.1, -0.05) is 6.07 Å². The molecule has 0 spiro atoms. The third kappa shape index (κ3) is 3.61. The van der Waals surface area contributed by atoms with Crippen LogP contribution in [0.4, 0.5) is 11.5 Å². The van der Waals surface area contributed by atoms with E-state index in [1.54, 1.807) is 12.3 Å². The maximum Gasteiger partial charge on any atom is 0.352 e. The number of fused-ring (bicyclic) bond motifs is 1. The summed E-state index contributed by atoms with van der Waals surface area (Å²) >= 11 is 0. The smallest absolute Gasteiger partial charge is 0.352 e. The number of aryl methyl sites for hydroxylation is 2. The number of aromatic nitrogens is 4. The van der Waals surface area contributed by atoms with Crippen molar-refractivity contribution in [3.05, 3.63) is 52.1 Å². The minimum Gasteiger partial charge on any atom is -0.378 e. The van der Waals surface area contributed by atoms with E-state index in [4.69, 9.17) is 4.74 Å². The van der Waals surface area contributed by atoms with Crippen molar-refractivity contribution in [2.75, 3.05) is 36.5 Å². The summed E-state index contributed by atoms with van der Waals surface area (Å²) in [6.07, 6.45) is 1.64. The van der Waals surface area contributed by atoms with Gasteiger partial charge in [0, 0.05) is 25.0 Å². The molecule has 2 aromatic heterocycles. The summed E-state index contributed by atoms with van der Waals surface area (Å²) in [5.41, 5.74) is 2.53. The predicted molar refractivity (Wildman–Crippen MR) is 105 cm³/mol. The molecule has 28 heavy (non-hydrogen) atoms. The second kappa shape index (κ2) is 7.43. The minimum absolute atomic E-state index is 0.179. The largest absolute Gasteiger partial charge is 0.378 e. The van der Waals surface area contributed by atoms with E-state index in [-0.39, 0.29) is 18.2 Å². The summed E-state index contributed by atoms with van der Waals surface area (Å²) in [5, 5.41) is 7.02. The second-order valence-corrected chi connectivity index (χ2v) is 6.84. The molecule has 1 aliphatic rings. The quantitative estimate of drug-likeness (QED) is 0.723. The molecule has 1 aromatic carbocycles. The summed E-state index contributed by atoms with van der Waals surface area (Å²) in [6.45, 7) is 6.59. The van der Waals surface area contributed by atoms with Crippen LogP contribution in [0.3, 0.4) is 0 Å². The molecule has 0 bridgehead atoms. The van der Waals surface area contributed by atoms with Crippen molar-refractivity contribution < 1.29 is 9.53 Å². The molecule has 9 nitrogen and oxygen atoms in total. The van der Waals surface area contributed by atoms with E-state index >= 15 is 0 Å². The average Bonchev–Trinajstić information content (AvgIpc) is 3.00. The van der Waals surface area contributed by atoms with Crippen LogP contribution in [0.25, 0.3) is 5.78 Å². The highest BCUT2D eigenvalue weighted by molar-refractivity contribution is 5.90. The Morgan fingerprint density at radius 1 is 1.18 bits per heavy atom. The van der Waals surface area contributed by atoms with Crippen LogP contribution in [0.5, 0.6) is 0 Å². The number of anilines is 2. The Morgan fingerprint density at radius 3 is 2.71 bits per heavy atom. The van der Waals surface area contributed by atoms with Crippen molar-refractivity contribution in [3.8, 4) is 0 Å². The van der Waals surface area contributed by atoms with Crippen molar-refractivity contribution in [1.29, 1.82) is 0 Å². The highest BCUT2D eigenvalue weighted by Crippen LogP contribution is 2.14. The normalized spacial score (nSPS) is 14.4. The molecule has 0 atom stereocenters. The van der Waals surface area contributed by atoms with Crippen molar-refractivity contribution >= 4 is 23.2 Å². The molecular formula is C19H22N6O3. The van der Waals surface area contributed by atoms with Gasteiger partial charge in [-0.3, -0.25) is 4.79 Å².